The molecule has 116 valence electrons. The number of hydrogen-bond acceptors (Lipinski definition) is 2. The monoisotopic (exact) mass is 300 g/mol. The lowest BCUT2D eigenvalue weighted by Gasteiger charge is -2.29. The van der Waals surface area contributed by atoms with Gasteiger partial charge in [-0.1, -0.05) is 18.2 Å². The molecule has 2 rings (SSSR count). The number of hydrogen-bond donors (Lipinski definition) is 1. The van der Waals surface area contributed by atoms with Crippen molar-refractivity contribution >= 4 is 11.6 Å². The van der Waals surface area contributed by atoms with Crippen molar-refractivity contribution in [1.29, 1.82) is 0 Å². The highest BCUT2D eigenvalue weighted by atomic mass is 19.1. The molecule has 0 heterocycles. The van der Waals surface area contributed by atoms with Crippen LogP contribution in [0.3, 0.4) is 0 Å². The molecule has 0 radical (unpaired) electrons. The van der Waals surface area contributed by atoms with Crippen LogP contribution in [0.15, 0.2) is 42.5 Å². The highest BCUT2D eigenvalue weighted by Gasteiger charge is 2.22. The van der Waals surface area contributed by atoms with E-state index in [1.807, 2.05) is 26.8 Å². The largest absolute Gasteiger partial charge is 0.399 e. The van der Waals surface area contributed by atoms with E-state index in [1.54, 1.807) is 29.2 Å². The highest BCUT2D eigenvalue weighted by molar-refractivity contribution is 5.96. The van der Waals surface area contributed by atoms with E-state index < -0.39 is 0 Å². The molecule has 1 amide bonds. The first-order valence-corrected chi connectivity index (χ1v) is 7.36. The molecule has 0 aromatic heterocycles. The first-order valence-electron chi connectivity index (χ1n) is 7.36. The van der Waals surface area contributed by atoms with Crippen molar-refractivity contribution in [1.82, 2.24) is 4.90 Å². The summed E-state index contributed by atoms with van der Waals surface area (Å²) in [5.41, 5.74) is 8.77. The van der Waals surface area contributed by atoms with Crippen LogP contribution in [0.4, 0.5) is 10.1 Å². The van der Waals surface area contributed by atoms with Crippen molar-refractivity contribution in [3.05, 3.63) is 65.0 Å². The van der Waals surface area contributed by atoms with Crippen LogP contribution in [-0.4, -0.2) is 17.4 Å². The second-order valence-corrected chi connectivity index (χ2v) is 5.39. The summed E-state index contributed by atoms with van der Waals surface area (Å²) in [6.45, 7) is 6.32. The first-order chi connectivity index (χ1) is 10.4. The molecule has 0 aliphatic carbocycles. The van der Waals surface area contributed by atoms with Gasteiger partial charge in [-0.25, -0.2) is 4.39 Å². The van der Waals surface area contributed by atoms with Gasteiger partial charge in [0, 0.05) is 17.8 Å². The molecule has 3 nitrogen and oxygen atoms in total. The number of nitrogens with two attached hydrogens (primary N) is 1. The molecule has 0 fully saturated rings. The molecule has 0 bridgehead atoms. The van der Waals surface area contributed by atoms with Gasteiger partial charge in [0.1, 0.15) is 5.82 Å². The fourth-order valence-corrected chi connectivity index (χ4v) is 2.54. The Kier molecular flexibility index (Phi) is 4.81. The van der Waals surface area contributed by atoms with Gasteiger partial charge >= 0.3 is 0 Å². The SMILES string of the molecule is CCN(C(=O)c1cc(N)ccc1C)C(C)c1ccc(F)cc1. The number of aryl methyl sites for hydroxylation is 1. The number of carbonyl (C=O) groups excluding carboxylic acids is 1. The minimum Gasteiger partial charge on any atom is -0.399 e. The fraction of sp³-hybridized carbons (Fsp3) is 0.278. The molecule has 1 atom stereocenters. The van der Waals surface area contributed by atoms with Gasteiger partial charge < -0.3 is 10.6 Å². The van der Waals surface area contributed by atoms with E-state index in [0.717, 1.165) is 11.1 Å². The Morgan fingerprint density at radius 2 is 1.86 bits per heavy atom. The second kappa shape index (κ2) is 6.60. The van der Waals surface area contributed by atoms with E-state index >= 15 is 0 Å². The van der Waals surface area contributed by atoms with Crippen molar-refractivity contribution in [2.75, 3.05) is 12.3 Å². The van der Waals surface area contributed by atoms with E-state index in [9.17, 15) is 9.18 Å². The quantitative estimate of drug-likeness (QED) is 0.869. The summed E-state index contributed by atoms with van der Waals surface area (Å²) < 4.78 is 13.1. The number of rotatable bonds is 4. The van der Waals surface area contributed by atoms with Gasteiger partial charge in [0.05, 0.1) is 6.04 Å². The Labute approximate surface area is 130 Å². The summed E-state index contributed by atoms with van der Waals surface area (Å²) >= 11 is 0. The minimum atomic E-state index is -0.281. The van der Waals surface area contributed by atoms with Crippen LogP contribution in [0.1, 0.15) is 41.4 Å². The predicted molar refractivity (Wildman–Crippen MR) is 87.1 cm³/mol. The van der Waals surface area contributed by atoms with Gasteiger partial charge in [-0.05, 0) is 56.2 Å². The summed E-state index contributed by atoms with van der Waals surface area (Å²) in [6, 6.07) is 11.4. The number of halogens is 1. The standard InChI is InChI=1S/C18H21FN2O/c1-4-21(13(3)14-6-8-15(19)9-7-14)18(22)17-11-16(20)10-5-12(17)2/h5-11,13H,4,20H2,1-3H3. The molecule has 0 spiro atoms. The average molecular weight is 300 g/mol. The van der Waals surface area contributed by atoms with Gasteiger partial charge in [-0.15, -0.1) is 0 Å². The predicted octanol–water partition coefficient (Wildman–Crippen LogP) is 3.94. The van der Waals surface area contributed by atoms with Gasteiger partial charge in [0.2, 0.25) is 0 Å². The Bertz CT molecular complexity index is 667. The maximum Gasteiger partial charge on any atom is 0.254 e. The van der Waals surface area contributed by atoms with E-state index in [2.05, 4.69) is 0 Å². The lowest BCUT2D eigenvalue weighted by molar-refractivity contribution is 0.0701. The molecule has 4 heteroatoms. The molecule has 2 N–H and O–H groups in total. The molecule has 22 heavy (non-hydrogen) atoms. The third-order valence-corrected chi connectivity index (χ3v) is 3.91. The second-order valence-electron chi connectivity index (χ2n) is 5.39. The Hall–Kier alpha value is -2.36. The van der Waals surface area contributed by atoms with Crippen LogP contribution in [0, 0.1) is 12.7 Å². The molecule has 2 aromatic rings. The van der Waals surface area contributed by atoms with Crippen LogP contribution in [0.2, 0.25) is 0 Å². The maximum atomic E-state index is 13.1. The molecule has 0 aliphatic heterocycles. The summed E-state index contributed by atoms with van der Waals surface area (Å²) in [7, 11) is 0. The van der Waals surface area contributed by atoms with E-state index in [-0.39, 0.29) is 17.8 Å². The highest BCUT2D eigenvalue weighted by Crippen LogP contribution is 2.24. The molecule has 0 saturated heterocycles. The summed E-state index contributed by atoms with van der Waals surface area (Å²) in [4.78, 5) is 14.6. The van der Waals surface area contributed by atoms with Crippen molar-refractivity contribution in [3.63, 3.8) is 0 Å². The van der Waals surface area contributed by atoms with E-state index in [0.29, 0.717) is 17.8 Å². The maximum absolute atomic E-state index is 13.1. The van der Waals surface area contributed by atoms with Crippen LogP contribution in [0.5, 0.6) is 0 Å². The topological polar surface area (TPSA) is 46.3 Å². The van der Waals surface area contributed by atoms with Gasteiger partial charge in [-0.3, -0.25) is 4.79 Å². The number of amides is 1. The summed E-state index contributed by atoms with van der Waals surface area (Å²) in [5.74, 6) is -0.346. The lowest BCUT2D eigenvalue weighted by Crippen LogP contribution is -2.34. The normalized spacial score (nSPS) is 12.0. The summed E-state index contributed by atoms with van der Waals surface area (Å²) in [6.07, 6.45) is 0. The molecule has 1 unspecified atom stereocenters. The zero-order chi connectivity index (χ0) is 16.3. The minimum absolute atomic E-state index is 0.0656. The van der Waals surface area contributed by atoms with E-state index in [1.165, 1.54) is 12.1 Å². The van der Waals surface area contributed by atoms with Gasteiger partial charge in [-0.2, -0.15) is 0 Å². The zero-order valence-corrected chi connectivity index (χ0v) is 13.1. The third kappa shape index (κ3) is 3.27. The third-order valence-electron chi connectivity index (χ3n) is 3.91. The Morgan fingerprint density at radius 1 is 1.23 bits per heavy atom. The Balaban J connectivity index is 2.32. The van der Waals surface area contributed by atoms with Crippen molar-refractivity contribution < 1.29 is 9.18 Å². The lowest BCUT2D eigenvalue weighted by atomic mass is 10.0. The fourth-order valence-electron chi connectivity index (χ4n) is 2.54. The molecule has 0 aliphatic rings. The van der Waals surface area contributed by atoms with E-state index in [4.69, 9.17) is 5.73 Å². The summed E-state index contributed by atoms with van der Waals surface area (Å²) in [5, 5.41) is 0. The number of nitrogens with zero attached hydrogens (tertiary/aromatic N) is 1. The van der Waals surface area contributed by atoms with Crippen molar-refractivity contribution in [2.45, 2.75) is 26.8 Å². The first kappa shape index (κ1) is 16.0. The van der Waals surface area contributed by atoms with Gasteiger partial charge in [0.15, 0.2) is 0 Å². The molecule has 0 saturated carbocycles. The van der Waals surface area contributed by atoms with Crippen LogP contribution in [-0.2, 0) is 0 Å². The van der Waals surface area contributed by atoms with Crippen LogP contribution >= 0.6 is 0 Å². The van der Waals surface area contributed by atoms with Crippen molar-refractivity contribution in [2.24, 2.45) is 0 Å². The molecule has 2 aromatic carbocycles. The number of anilines is 1. The van der Waals surface area contributed by atoms with Crippen molar-refractivity contribution in [3.8, 4) is 0 Å². The molecular weight excluding hydrogens is 279 g/mol. The van der Waals surface area contributed by atoms with Crippen LogP contribution in [0.25, 0.3) is 0 Å². The number of carbonyl (C=O) groups is 1. The van der Waals surface area contributed by atoms with Gasteiger partial charge in [0.25, 0.3) is 5.91 Å². The van der Waals surface area contributed by atoms with Crippen LogP contribution < -0.4 is 5.73 Å². The zero-order valence-electron chi connectivity index (χ0n) is 13.1. The Morgan fingerprint density at radius 3 is 2.45 bits per heavy atom. The smallest absolute Gasteiger partial charge is 0.254 e. The number of nitrogen functional groups attached to an aromatic ring is 1. The number of benzene rings is 2. The average Bonchev–Trinajstić information content (AvgIpc) is 2.50. The molecular formula is C18H21FN2O.